The van der Waals surface area contributed by atoms with Crippen molar-refractivity contribution in [3.63, 3.8) is 0 Å². The van der Waals surface area contributed by atoms with E-state index in [0.29, 0.717) is 0 Å². The summed E-state index contributed by atoms with van der Waals surface area (Å²) < 4.78 is 38.9. The van der Waals surface area contributed by atoms with Crippen LogP contribution in [0.3, 0.4) is 0 Å². The second kappa shape index (κ2) is 13.8. The lowest BCUT2D eigenvalue weighted by Crippen LogP contribution is -2.60. The van der Waals surface area contributed by atoms with Gasteiger partial charge in [-0.1, -0.05) is 0 Å². The highest BCUT2D eigenvalue weighted by Gasteiger charge is 2.58. The Balaban J connectivity index is 1.27. The van der Waals surface area contributed by atoms with Gasteiger partial charge in [0.15, 0.2) is 17.8 Å². The van der Waals surface area contributed by atoms with Crippen molar-refractivity contribution in [3.05, 3.63) is 36.1 Å². The molecule has 0 spiro atoms. The predicted molar refractivity (Wildman–Crippen MR) is 148 cm³/mol. The summed E-state index contributed by atoms with van der Waals surface area (Å²) in [6, 6.07) is 3.99. The first-order chi connectivity index (χ1) is 21.8. The van der Waals surface area contributed by atoms with E-state index >= 15 is 0 Å². The van der Waals surface area contributed by atoms with E-state index in [1.54, 1.807) is 6.08 Å². The fraction of sp³-hybridized carbons (Fsp3) is 0.690. The first-order valence-electron chi connectivity index (χ1n) is 14.7. The second-order valence-corrected chi connectivity index (χ2v) is 12.0. The Bertz CT molecular complexity index is 1240. The highest BCUT2D eigenvalue weighted by atomic mass is 16.8. The van der Waals surface area contributed by atoms with Crippen LogP contribution in [0.2, 0.25) is 0 Å². The van der Waals surface area contributed by atoms with Crippen molar-refractivity contribution in [2.24, 2.45) is 11.8 Å². The van der Waals surface area contributed by atoms with E-state index in [-0.39, 0.29) is 23.5 Å². The summed E-state index contributed by atoms with van der Waals surface area (Å²) in [7, 11) is 1.30. The largest absolute Gasteiger partial charge is 0.493 e. The van der Waals surface area contributed by atoms with Crippen molar-refractivity contribution in [3.8, 4) is 11.5 Å². The van der Waals surface area contributed by atoms with Crippen LogP contribution in [0, 0.1) is 11.8 Å². The van der Waals surface area contributed by atoms with E-state index in [4.69, 9.17) is 33.2 Å². The van der Waals surface area contributed by atoms with Crippen LogP contribution in [0.1, 0.15) is 23.7 Å². The van der Waals surface area contributed by atoms with Crippen LogP contribution in [0.5, 0.6) is 11.5 Å². The Labute approximate surface area is 262 Å². The van der Waals surface area contributed by atoms with Gasteiger partial charge >= 0.3 is 5.97 Å². The molecule has 1 aromatic rings. The van der Waals surface area contributed by atoms with E-state index in [0.717, 1.165) is 0 Å². The number of rotatable bonds is 9. The minimum atomic E-state index is -1.70. The number of carbonyl (C=O) groups excluding carboxylic acids is 1. The van der Waals surface area contributed by atoms with Crippen molar-refractivity contribution < 1.29 is 83.9 Å². The molecule has 2 saturated heterocycles. The third-order valence-corrected chi connectivity index (χ3v) is 8.85. The van der Waals surface area contributed by atoms with Crippen LogP contribution in [0.25, 0.3) is 0 Å². The lowest BCUT2D eigenvalue weighted by molar-refractivity contribution is -0.346. The van der Waals surface area contributed by atoms with Crippen LogP contribution in [-0.4, -0.2) is 152 Å². The molecular weight excluding hydrogens is 620 g/mol. The lowest BCUT2D eigenvalue weighted by atomic mass is 9.85. The quantitative estimate of drug-likeness (QED) is 0.116. The first kappa shape index (κ1) is 34.7. The second-order valence-electron chi connectivity index (χ2n) is 12.0. The molecule has 3 heterocycles. The number of fused-ring (bicyclic) bond motifs is 1. The summed E-state index contributed by atoms with van der Waals surface area (Å²) in [6.45, 7) is 0.188. The third kappa shape index (κ3) is 6.55. The highest BCUT2D eigenvalue weighted by molar-refractivity contribution is 5.90. The molecular formula is C29H40O17. The standard InChI is InChI=1S/C29H40O17/c1-29(39)8-15(12-5-6-41-26(18(12)29)46-28-24(37)22(35)20(33)17(10-31)45-28)42-25(38)11-3-4-13(14(7-11)40-2)43-27-23(36)21(34)19(32)16(9-30)44-27/h3-7,12,15-24,26-28,30-37,39H,8-10H2,1-2H3/t12-,15+,16+,17+,18+,19+,20+,21-,22-,23+,24+,26-,27+,28-,29-/m0/s1. The van der Waals surface area contributed by atoms with Crippen LogP contribution < -0.4 is 9.47 Å². The van der Waals surface area contributed by atoms with Crippen molar-refractivity contribution in [1.29, 1.82) is 0 Å². The fourth-order valence-electron chi connectivity index (χ4n) is 6.28. The molecule has 0 amide bonds. The zero-order valence-electron chi connectivity index (χ0n) is 24.9. The molecule has 1 aliphatic carbocycles. The van der Waals surface area contributed by atoms with Crippen molar-refractivity contribution >= 4 is 5.97 Å². The van der Waals surface area contributed by atoms with Gasteiger partial charge in [-0.2, -0.15) is 0 Å². The summed E-state index contributed by atoms with van der Waals surface area (Å²) in [5.74, 6) is -2.22. The van der Waals surface area contributed by atoms with Gasteiger partial charge in [0.05, 0.1) is 43.7 Å². The van der Waals surface area contributed by atoms with Crippen molar-refractivity contribution in [2.45, 2.75) is 92.8 Å². The maximum absolute atomic E-state index is 13.3. The maximum atomic E-state index is 13.3. The molecule has 0 bridgehead atoms. The fourth-order valence-corrected chi connectivity index (χ4v) is 6.28. The summed E-state index contributed by atoms with van der Waals surface area (Å²) in [6.07, 6.45) is -14.6. The summed E-state index contributed by atoms with van der Waals surface area (Å²) in [5.41, 5.74) is -1.48. The number of esters is 1. The number of benzene rings is 1. The molecule has 1 aromatic carbocycles. The number of hydrogen-bond acceptors (Lipinski definition) is 17. The Kier molecular flexibility index (Phi) is 10.4. The number of hydrogen-bond donors (Lipinski definition) is 9. The van der Waals surface area contributed by atoms with E-state index in [1.807, 2.05) is 0 Å². The molecule has 5 rings (SSSR count). The van der Waals surface area contributed by atoms with Gasteiger partial charge in [-0.15, -0.1) is 0 Å². The Morgan fingerprint density at radius 3 is 2.09 bits per heavy atom. The molecule has 0 unspecified atom stereocenters. The Hall–Kier alpha value is -2.65. The lowest BCUT2D eigenvalue weighted by Gasteiger charge is -2.43. The van der Waals surface area contributed by atoms with E-state index in [9.17, 15) is 50.8 Å². The number of methoxy groups -OCH3 is 1. The molecule has 3 aliphatic heterocycles. The van der Waals surface area contributed by atoms with Crippen molar-refractivity contribution in [2.75, 3.05) is 20.3 Å². The normalized spacial score (nSPS) is 43.8. The molecule has 0 radical (unpaired) electrons. The number of aliphatic hydroxyl groups excluding tert-OH is 8. The van der Waals surface area contributed by atoms with Gasteiger partial charge in [-0.05, 0) is 31.2 Å². The zero-order chi connectivity index (χ0) is 33.5. The number of carbonyl (C=O) groups is 1. The molecule has 3 fully saturated rings. The van der Waals surface area contributed by atoms with Crippen molar-refractivity contribution in [1.82, 2.24) is 0 Å². The summed E-state index contributed by atoms with van der Waals surface area (Å²) in [4.78, 5) is 13.3. The molecule has 17 heteroatoms. The number of ether oxygens (including phenoxy) is 7. The minimum absolute atomic E-state index is 0.00721. The van der Waals surface area contributed by atoms with E-state index in [1.165, 1.54) is 38.5 Å². The Morgan fingerprint density at radius 2 is 1.48 bits per heavy atom. The topological polar surface area (TPSA) is 264 Å². The van der Waals surface area contributed by atoms with E-state index < -0.39 is 110 Å². The van der Waals surface area contributed by atoms with Crippen LogP contribution in [0.15, 0.2) is 30.5 Å². The minimum Gasteiger partial charge on any atom is -0.493 e. The summed E-state index contributed by atoms with van der Waals surface area (Å²) in [5, 5.41) is 91.2. The van der Waals surface area contributed by atoms with Gasteiger partial charge in [0.25, 0.3) is 0 Å². The van der Waals surface area contributed by atoms with E-state index in [2.05, 4.69) is 0 Å². The molecule has 17 nitrogen and oxygen atoms in total. The smallest absolute Gasteiger partial charge is 0.338 e. The maximum Gasteiger partial charge on any atom is 0.338 e. The van der Waals surface area contributed by atoms with Gasteiger partial charge in [0, 0.05) is 12.3 Å². The monoisotopic (exact) mass is 660 g/mol. The molecule has 15 atom stereocenters. The average molecular weight is 661 g/mol. The zero-order valence-corrected chi connectivity index (χ0v) is 24.9. The predicted octanol–water partition coefficient (Wildman–Crippen LogP) is -3.53. The van der Waals surface area contributed by atoms with Gasteiger partial charge in [0.2, 0.25) is 12.6 Å². The molecule has 258 valence electrons. The van der Waals surface area contributed by atoms with Gasteiger partial charge < -0.3 is 79.1 Å². The molecule has 46 heavy (non-hydrogen) atoms. The Morgan fingerprint density at radius 1 is 0.870 bits per heavy atom. The highest BCUT2D eigenvalue weighted by Crippen LogP contribution is 2.48. The molecule has 4 aliphatic rings. The SMILES string of the molecule is COc1cc(C(=O)O[C@@H]2C[C@](C)(O)[C@H]3[C@H](O[C@@H]4O[C@H](CO)[C@@H](O)[C@H](O)[C@H]4O)OC=C[C@H]32)ccc1O[C@@H]1O[C@H](CO)[C@@H](O)[C@H](O)[C@H]1O. The summed E-state index contributed by atoms with van der Waals surface area (Å²) >= 11 is 0. The number of aliphatic hydroxyl groups is 9. The average Bonchev–Trinajstić information content (AvgIpc) is 3.31. The van der Waals surface area contributed by atoms with Gasteiger partial charge in [-0.25, -0.2) is 4.79 Å². The molecule has 9 N–H and O–H groups in total. The third-order valence-electron chi connectivity index (χ3n) is 8.85. The molecule has 1 saturated carbocycles. The van der Waals surface area contributed by atoms with Crippen LogP contribution >= 0.6 is 0 Å². The molecule has 0 aromatic heterocycles. The van der Waals surface area contributed by atoms with Crippen LogP contribution in [-0.2, 0) is 23.7 Å². The van der Waals surface area contributed by atoms with Gasteiger partial charge in [-0.3, -0.25) is 0 Å². The first-order valence-corrected chi connectivity index (χ1v) is 14.7. The van der Waals surface area contributed by atoms with Crippen LogP contribution in [0.4, 0.5) is 0 Å². The van der Waals surface area contributed by atoms with Gasteiger partial charge in [0.1, 0.15) is 54.9 Å².